The molecule has 1 fully saturated rings. The maximum absolute atomic E-state index is 5.78. The predicted octanol–water partition coefficient (Wildman–Crippen LogP) is 2.43. The lowest BCUT2D eigenvalue weighted by atomic mass is 10.0. The molecule has 0 saturated carbocycles. The summed E-state index contributed by atoms with van der Waals surface area (Å²) < 4.78 is 0. The van der Waals surface area contributed by atoms with Crippen molar-refractivity contribution in [2.24, 2.45) is 16.6 Å². The zero-order chi connectivity index (χ0) is 13.2. The molecule has 0 aromatic rings. The zero-order valence-corrected chi connectivity index (χ0v) is 14.9. The van der Waals surface area contributed by atoms with Crippen molar-refractivity contribution in [3.63, 3.8) is 0 Å². The van der Waals surface area contributed by atoms with E-state index in [1.165, 1.54) is 32.4 Å². The standard InChI is InChI=1S/C14H30N4.HI/c1-3-4-8-16-14(15)17-9-6-11-18-10-5-7-13(2)12-18;/h13H,3-12H2,1-2H3,(H3,15,16,17);1H. The molecule has 0 radical (unpaired) electrons. The van der Waals surface area contributed by atoms with Gasteiger partial charge in [0.05, 0.1) is 0 Å². The quantitative estimate of drug-likeness (QED) is 0.308. The van der Waals surface area contributed by atoms with Gasteiger partial charge < -0.3 is 16.0 Å². The molecule has 4 nitrogen and oxygen atoms in total. The fourth-order valence-corrected chi connectivity index (χ4v) is 2.43. The number of nitrogens with zero attached hydrogens (tertiary/aromatic N) is 2. The lowest BCUT2D eigenvalue weighted by Gasteiger charge is -2.30. The first-order chi connectivity index (χ1) is 8.72. The molecule has 19 heavy (non-hydrogen) atoms. The minimum absolute atomic E-state index is 0. The topological polar surface area (TPSA) is 53.6 Å². The predicted molar refractivity (Wildman–Crippen MR) is 94.3 cm³/mol. The van der Waals surface area contributed by atoms with Gasteiger partial charge in [-0.15, -0.1) is 24.0 Å². The van der Waals surface area contributed by atoms with E-state index in [9.17, 15) is 0 Å². The number of aliphatic imine (C=N–C) groups is 1. The molecule has 1 aliphatic rings. The Balaban J connectivity index is 0.00000324. The van der Waals surface area contributed by atoms with Gasteiger partial charge in [-0.2, -0.15) is 0 Å². The van der Waals surface area contributed by atoms with E-state index in [0.29, 0.717) is 5.96 Å². The molecule has 0 aromatic heterocycles. The van der Waals surface area contributed by atoms with Crippen molar-refractivity contribution >= 4 is 29.9 Å². The maximum atomic E-state index is 5.78. The Labute approximate surface area is 135 Å². The normalized spacial score (nSPS) is 20.9. The molecule has 0 amide bonds. The van der Waals surface area contributed by atoms with Crippen molar-refractivity contribution in [2.75, 3.05) is 32.7 Å². The molecule has 1 aliphatic heterocycles. The second kappa shape index (κ2) is 11.8. The molecule has 1 heterocycles. The Morgan fingerprint density at radius 3 is 2.89 bits per heavy atom. The molecule has 1 saturated heterocycles. The van der Waals surface area contributed by atoms with E-state index in [0.717, 1.165) is 38.4 Å². The van der Waals surface area contributed by atoms with Crippen LogP contribution >= 0.6 is 24.0 Å². The van der Waals surface area contributed by atoms with Gasteiger partial charge in [-0.25, -0.2) is 0 Å². The zero-order valence-electron chi connectivity index (χ0n) is 12.5. The number of guanidine groups is 1. The number of nitrogens with one attached hydrogen (secondary N) is 1. The number of halogens is 1. The smallest absolute Gasteiger partial charge is 0.188 e. The highest BCUT2D eigenvalue weighted by atomic mass is 127. The van der Waals surface area contributed by atoms with Gasteiger partial charge in [-0.3, -0.25) is 4.99 Å². The van der Waals surface area contributed by atoms with Crippen LogP contribution in [0.5, 0.6) is 0 Å². The Kier molecular flexibility index (Phi) is 11.7. The molecule has 5 heteroatoms. The van der Waals surface area contributed by atoms with Crippen LogP contribution in [0.1, 0.15) is 46.0 Å². The van der Waals surface area contributed by atoms with E-state index in [2.05, 4.69) is 29.1 Å². The first-order valence-electron chi connectivity index (χ1n) is 7.48. The maximum Gasteiger partial charge on any atom is 0.188 e. The van der Waals surface area contributed by atoms with Crippen LogP contribution in [-0.2, 0) is 0 Å². The molecule has 3 N–H and O–H groups in total. The van der Waals surface area contributed by atoms with Crippen LogP contribution in [0.3, 0.4) is 0 Å². The number of hydrogen-bond donors (Lipinski definition) is 2. The third-order valence-corrected chi connectivity index (χ3v) is 3.49. The van der Waals surface area contributed by atoms with Crippen LogP contribution in [0, 0.1) is 5.92 Å². The van der Waals surface area contributed by atoms with Crippen LogP contribution in [0.15, 0.2) is 4.99 Å². The number of piperidine rings is 1. The van der Waals surface area contributed by atoms with Gasteiger partial charge in [0, 0.05) is 19.6 Å². The van der Waals surface area contributed by atoms with Gasteiger partial charge in [-0.05, 0) is 44.7 Å². The summed E-state index contributed by atoms with van der Waals surface area (Å²) in [6.45, 7) is 9.99. The van der Waals surface area contributed by atoms with Crippen molar-refractivity contribution in [2.45, 2.75) is 46.0 Å². The van der Waals surface area contributed by atoms with Crippen molar-refractivity contribution in [3.8, 4) is 0 Å². The minimum Gasteiger partial charge on any atom is -0.370 e. The van der Waals surface area contributed by atoms with Gasteiger partial charge >= 0.3 is 0 Å². The van der Waals surface area contributed by atoms with Gasteiger partial charge in [0.15, 0.2) is 5.96 Å². The lowest BCUT2D eigenvalue weighted by molar-refractivity contribution is 0.183. The fourth-order valence-electron chi connectivity index (χ4n) is 2.43. The van der Waals surface area contributed by atoms with E-state index in [-0.39, 0.29) is 24.0 Å². The summed E-state index contributed by atoms with van der Waals surface area (Å²) in [4.78, 5) is 6.92. The highest BCUT2D eigenvalue weighted by molar-refractivity contribution is 14.0. The minimum atomic E-state index is 0. The number of rotatable bonds is 7. The molecule has 0 aliphatic carbocycles. The largest absolute Gasteiger partial charge is 0.370 e. The lowest BCUT2D eigenvalue weighted by Crippen LogP contribution is -2.35. The number of nitrogens with two attached hydrogens (primary N) is 1. The summed E-state index contributed by atoms with van der Waals surface area (Å²) in [6, 6.07) is 0. The van der Waals surface area contributed by atoms with Crippen molar-refractivity contribution in [3.05, 3.63) is 0 Å². The molecule has 0 bridgehead atoms. The molecular weight excluding hydrogens is 351 g/mol. The highest BCUT2D eigenvalue weighted by Gasteiger charge is 2.14. The van der Waals surface area contributed by atoms with Gasteiger partial charge in [0.25, 0.3) is 0 Å². The average Bonchev–Trinajstić information content (AvgIpc) is 2.35. The second-order valence-corrected chi connectivity index (χ2v) is 5.45. The second-order valence-electron chi connectivity index (χ2n) is 5.45. The number of hydrogen-bond acceptors (Lipinski definition) is 2. The molecule has 114 valence electrons. The van der Waals surface area contributed by atoms with E-state index >= 15 is 0 Å². The van der Waals surface area contributed by atoms with E-state index in [1.807, 2.05) is 0 Å². The Morgan fingerprint density at radius 2 is 2.21 bits per heavy atom. The Bertz CT molecular complexity index is 246. The van der Waals surface area contributed by atoms with Gasteiger partial charge in [0.1, 0.15) is 0 Å². The van der Waals surface area contributed by atoms with Crippen LogP contribution in [0.4, 0.5) is 0 Å². The first-order valence-corrected chi connectivity index (χ1v) is 7.48. The SMILES string of the molecule is CCCCNC(N)=NCCCN1CCCC(C)C1.I. The number of likely N-dealkylation sites (tertiary alicyclic amines) is 1. The third-order valence-electron chi connectivity index (χ3n) is 3.49. The van der Waals surface area contributed by atoms with Crippen LogP contribution < -0.4 is 11.1 Å². The Hall–Kier alpha value is -0.0400. The molecular formula is C14H31IN4. The number of unbranched alkanes of at least 4 members (excludes halogenated alkanes) is 1. The Morgan fingerprint density at radius 1 is 1.42 bits per heavy atom. The van der Waals surface area contributed by atoms with Gasteiger partial charge in [0.2, 0.25) is 0 Å². The third kappa shape index (κ3) is 9.49. The molecule has 1 unspecified atom stereocenters. The summed E-state index contributed by atoms with van der Waals surface area (Å²) in [7, 11) is 0. The van der Waals surface area contributed by atoms with Crippen molar-refractivity contribution in [1.82, 2.24) is 10.2 Å². The van der Waals surface area contributed by atoms with Gasteiger partial charge in [-0.1, -0.05) is 20.3 Å². The molecule has 1 rings (SSSR count). The molecule has 0 spiro atoms. The molecule has 0 aromatic carbocycles. The van der Waals surface area contributed by atoms with E-state index in [4.69, 9.17) is 5.73 Å². The summed E-state index contributed by atoms with van der Waals surface area (Å²) in [5.74, 6) is 1.47. The highest BCUT2D eigenvalue weighted by Crippen LogP contribution is 2.15. The summed E-state index contributed by atoms with van der Waals surface area (Å²) in [5.41, 5.74) is 5.78. The summed E-state index contributed by atoms with van der Waals surface area (Å²) >= 11 is 0. The van der Waals surface area contributed by atoms with Crippen molar-refractivity contribution < 1.29 is 0 Å². The van der Waals surface area contributed by atoms with Crippen LogP contribution in [0.25, 0.3) is 0 Å². The van der Waals surface area contributed by atoms with Crippen molar-refractivity contribution in [1.29, 1.82) is 0 Å². The van der Waals surface area contributed by atoms with Crippen LogP contribution in [-0.4, -0.2) is 43.6 Å². The van der Waals surface area contributed by atoms with Crippen LogP contribution in [0.2, 0.25) is 0 Å². The first kappa shape index (κ1) is 19.0. The summed E-state index contributed by atoms with van der Waals surface area (Å²) in [6.07, 6.45) is 6.20. The monoisotopic (exact) mass is 382 g/mol. The molecule has 1 atom stereocenters. The van der Waals surface area contributed by atoms with E-state index < -0.39 is 0 Å². The fraction of sp³-hybridized carbons (Fsp3) is 0.929. The van der Waals surface area contributed by atoms with E-state index in [1.54, 1.807) is 0 Å². The summed E-state index contributed by atoms with van der Waals surface area (Å²) in [5, 5.41) is 3.14. The average molecular weight is 382 g/mol.